The molecule has 0 fully saturated rings. The Kier molecular flexibility index (Phi) is 6.63. The molecule has 0 spiro atoms. The molecule has 0 aliphatic heterocycles. The molecular formula is C11H14O4. The highest BCUT2D eigenvalue weighted by Crippen LogP contribution is 2.16. The average Bonchev–Trinajstić information content (AvgIpc) is 2.24. The fourth-order valence-electron chi connectivity index (χ4n) is 0.808. The summed E-state index contributed by atoms with van der Waals surface area (Å²) >= 11 is 0. The van der Waals surface area contributed by atoms with Crippen LogP contribution in [0.25, 0.3) is 0 Å². The highest BCUT2D eigenvalue weighted by atomic mass is 16.5. The topological polar surface area (TPSA) is 52.6 Å². The molecule has 0 atom stereocenters. The number of carbonyl (C=O) groups is 2. The first-order chi connectivity index (χ1) is 7.22. The summed E-state index contributed by atoms with van der Waals surface area (Å²) in [5, 5.41) is 0. The molecule has 0 radical (unpaired) electrons. The van der Waals surface area contributed by atoms with E-state index in [4.69, 9.17) is 4.74 Å². The molecule has 0 amide bonds. The van der Waals surface area contributed by atoms with Crippen LogP contribution in [-0.4, -0.2) is 12.4 Å². The second-order valence-electron chi connectivity index (χ2n) is 2.28. The van der Waals surface area contributed by atoms with Crippen molar-refractivity contribution in [2.24, 2.45) is 0 Å². The van der Waals surface area contributed by atoms with E-state index >= 15 is 0 Å². The summed E-state index contributed by atoms with van der Waals surface area (Å²) in [4.78, 5) is 20.4. The van der Waals surface area contributed by atoms with Crippen molar-refractivity contribution in [2.45, 2.75) is 20.8 Å². The van der Waals surface area contributed by atoms with Crippen molar-refractivity contribution >= 4 is 12.4 Å². The lowest BCUT2D eigenvalue weighted by Gasteiger charge is -2.01. The molecule has 0 saturated heterocycles. The van der Waals surface area contributed by atoms with E-state index in [0.29, 0.717) is 18.0 Å². The Morgan fingerprint density at radius 3 is 2.00 bits per heavy atom. The second-order valence-corrected chi connectivity index (χ2v) is 2.28. The Morgan fingerprint density at radius 2 is 1.60 bits per heavy atom. The lowest BCUT2D eigenvalue weighted by molar-refractivity contribution is -0.132. The molecule has 0 aliphatic rings. The van der Waals surface area contributed by atoms with Crippen LogP contribution in [0.4, 0.5) is 0 Å². The predicted octanol–water partition coefficient (Wildman–Crippen LogP) is 2.17. The van der Waals surface area contributed by atoms with E-state index in [9.17, 15) is 9.59 Å². The molecule has 0 bridgehead atoms. The standard InChI is InChI=1S/C9H8O4.C2H6/c1-7(11)13-9-4-2-8(3-5-9)12-6-10;1-2/h2-6H,1H3;1-2H3. The molecule has 0 N–H and O–H groups in total. The summed E-state index contributed by atoms with van der Waals surface area (Å²) in [5.74, 6) is 0.445. The molecule has 0 aromatic heterocycles. The van der Waals surface area contributed by atoms with E-state index in [2.05, 4.69) is 4.74 Å². The van der Waals surface area contributed by atoms with Crippen LogP contribution in [0.2, 0.25) is 0 Å². The third kappa shape index (κ3) is 5.46. The van der Waals surface area contributed by atoms with Crippen molar-refractivity contribution in [1.29, 1.82) is 0 Å². The highest BCUT2D eigenvalue weighted by Gasteiger charge is 1.97. The van der Waals surface area contributed by atoms with Gasteiger partial charge in [0.05, 0.1) is 0 Å². The number of esters is 1. The zero-order valence-electron chi connectivity index (χ0n) is 9.02. The SMILES string of the molecule is CC.CC(=O)Oc1ccc(OC=O)cc1. The Labute approximate surface area is 88.8 Å². The second kappa shape index (κ2) is 7.55. The van der Waals surface area contributed by atoms with Crippen LogP contribution in [0.1, 0.15) is 20.8 Å². The van der Waals surface area contributed by atoms with Gasteiger partial charge in [-0.3, -0.25) is 9.59 Å². The number of benzene rings is 1. The normalized spacial score (nSPS) is 8.20. The van der Waals surface area contributed by atoms with Crippen molar-refractivity contribution in [1.82, 2.24) is 0 Å². The first-order valence-corrected chi connectivity index (χ1v) is 4.61. The van der Waals surface area contributed by atoms with E-state index in [1.165, 1.54) is 19.1 Å². The molecular weight excluding hydrogens is 196 g/mol. The van der Waals surface area contributed by atoms with Crippen LogP contribution >= 0.6 is 0 Å². The summed E-state index contributed by atoms with van der Waals surface area (Å²) in [6, 6.07) is 6.15. The Bertz CT molecular complexity index is 303. The van der Waals surface area contributed by atoms with Crippen LogP contribution in [0, 0.1) is 0 Å². The van der Waals surface area contributed by atoms with Gasteiger partial charge >= 0.3 is 5.97 Å². The van der Waals surface area contributed by atoms with Crippen LogP contribution in [0.15, 0.2) is 24.3 Å². The first kappa shape index (κ1) is 13.2. The third-order valence-corrected chi connectivity index (χ3v) is 1.27. The van der Waals surface area contributed by atoms with Crippen molar-refractivity contribution in [3.63, 3.8) is 0 Å². The van der Waals surface area contributed by atoms with Crippen molar-refractivity contribution in [3.05, 3.63) is 24.3 Å². The van der Waals surface area contributed by atoms with E-state index in [1.54, 1.807) is 12.1 Å². The third-order valence-electron chi connectivity index (χ3n) is 1.27. The van der Waals surface area contributed by atoms with Gasteiger partial charge in [0.15, 0.2) is 0 Å². The molecule has 1 rings (SSSR count). The zero-order valence-corrected chi connectivity index (χ0v) is 9.02. The highest BCUT2D eigenvalue weighted by molar-refractivity contribution is 5.69. The monoisotopic (exact) mass is 210 g/mol. The molecule has 0 heterocycles. The van der Waals surface area contributed by atoms with Gasteiger partial charge < -0.3 is 9.47 Å². The lowest BCUT2D eigenvalue weighted by atomic mass is 10.3. The minimum absolute atomic E-state index is 0.334. The maximum absolute atomic E-state index is 10.5. The molecule has 0 saturated carbocycles. The fourth-order valence-corrected chi connectivity index (χ4v) is 0.808. The first-order valence-electron chi connectivity index (χ1n) is 4.61. The molecule has 0 unspecified atom stereocenters. The molecule has 82 valence electrons. The van der Waals surface area contributed by atoms with Gasteiger partial charge in [0.2, 0.25) is 0 Å². The molecule has 4 nitrogen and oxygen atoms in total. The van der Waals surface area contributed by atoms with Gasteiger partial charge in [0.25, 0.3) is 6.47 Å². The number of hydrogen-bond acceptors (Lipinski definition) is 4. The summed E-state index contributed by atoms with van der Waals surface area (Å²) < 4.78 is 9.31. The van der Waals surface area contributed by atoms with Crippen LogP contribution in [0.5, 0.6) is 11.5 Å². The quantitative estimate of drug-likeness (QED) is 0.436. The Balaban J connectivity index is 0.000000921. The van der Waals surface area contributed by atoms with Crippen molar-refractivity contribution in [3.8, 4) is 11.5 Å². The number of rotatable bonds is 3. The van der Waals surface area contributed by atoms with E-state index in [1.807, 2.05) is 13.8 Å². The van der Waals surface area contributed by atoms with Gasteiger partial charge in [-0.2, -0.15) is 0 Å². The van der Waals surface area contributed by atoms with Crippen LogP contribution < -0.4 is 9.47 Å². The summed E-state index contributed by atoms with van der Waals surface area (Å²) in [6.07, 6.45) is 0. The fraction of sp³-hybridized carbons (Fsp3) is 0.273. The van der Waals surface area contributed by atoms with Gasteiger partial charge in [-0.1, -0.05) is 13.8 Å². The predicted molar refractivity (Wildman–Crippen MR) is 55.8 cm³/mol. The van der Waals surface area contributed by atoms with Crippen molar-refractivity contribution in [2.75, 3.05) is 0 Å². The van der Waals surface area contributed by atoms with Crippen LogP contribution in [0.3, 0.4) is 0 Å². The average molecular weight is 210 g/mol. The summed E-state index contributed by atoms with van der Waals surface area (Å²) in [5.41, 5.74) is 0. The zero-order chi connectivity index (χ0) is 11.7. The Hall–Kier alpha value is -1.84. The Morgan fingerprint density at radius 1 is 1.13 bits per heavy atom. The van der Waals surface area contributed by atoms with Gasteiger partial charge in [-0.05, 0) is 24.3 Å². The molecule has 0 aliphatic carbocycles. The summed E-state index contributed by atoms with van der Waals surface area (Å²) in [6.45, 7) is 5.65. The smallest absolute Gasteiger partial charge is 0.308 e. The minimum Gasteiger partial charge on any atom is -0.429 e. The summed E-state index contributed by atoms with van der Waals surface area (Å²) in [7, 11) is 0. The minimum atomic E-state index is -0.385. The molecule has 1 aromatic rings. The lowest BCUT2D eigenvalue weighted by Crippen LogP contribution is -2.00. The van der Waals surface area contributed by atoms with Crippen molar-refractivity contribution < 1.29 is 19.1 Å². The van der Waals surface area contributed by atoms with Gasteiger partial charge in [0, 0.05) is 6.92 Å². The number of ether oxygens (including phenoxy) is 2. The van der Waals surface area contributed by atoms with E-state index in [0.717, 1.165) is 0 Å². The van der Waals surface area contributed by atoms with E-state index in [-0.39, 0.29) is 5.97 Å². The van der Waals surface area contributed by atoms with Gasteiger partial charge in [0.1, 0.15) is 11.5 Å². The molecule has 1 aromatic carbocycles. The maximum Gasteiger partial charge on any atom is 0.308 e. The van der Waals surface area contributed by atoms with E-state index < -0.39 is 0 Å². The largest absolute Gasteiger partial charge is 0.429 e. The maximum atomic E-state index is 10.5. The molecule has 4 heteroatoms. The van der Waals surface area contributed by atoms with Crippen LogP contribution in [-0.2, 0) is 9.59 Å². The van der Waals surface area contributed by atoms with Gasteiger partial charge in [-0.25, -0.2) is 0 Å². The number of carbonyl (C=O) groups excluding carboxylic acids is 2. The number of hydrogen-bond donors (Lipinski definition) is 0. The van der Waals surface area contributed by atoms with Gasteiger partial charge in [-0.15, -0.1) is 0 Å². The molecule has 15 heavy (non-hydrogen) atoms.